The molecule has 4 fully saturated rings. The molecular weight excluding hydrogens is 196 g/mol. The Bertz CT molecular complexity index is 338. The third kappa shape index (κ3) is 0.805. The Hall–Kier alpha value is -0.0400. The predicted molar refractivity (Wildman–Crippen MR) is 64.1 cm³/mol. The normalized spacial score (nSPS) is 67.3. The smallest absolute Gasteiger partial charge is 0.0631 e. The second kappa shape index (κ2) is 2.68. The van der Waals surface area contributed by atoms with Crippen LogP contribution < -0.4 is 0 Å². The molecule has 1 nitrogen and oxygen atoms in total. The SMILES string of the molecule is CC1C2C(C)[C@]23CC[C@@H]2OCCC[C@@]2(C)C13. The predicted octanol–water partition coefficient (Wildman–Crippen LogP) is 3.48. The first kappa shape index (κ1) is 9.94. The number of fused-ring (bicyclic) bond motifs is 2. The summed E-state index contributed by atoms with van der Waals surface area (Å²) in [5.41, 5.74) is 1.31. The van der Waals surface area contributed by atoms with Crippen LogP contribution in [0.25, 0.3) is 0 Å². The average Bonchev–Trinajstić information content (AvgIpc) is 2.73. The van der Waals surface area contributed by atoms with Gasteiger partial charge in [0.1, 0.15) is 0 Å². The van der Waals surface area contributed by atoms with E-state index in [1.54, 1.807) is 0 Å². The molecule has 0 aromatic carbocycles. The van der Waals surface area contributed by atoms with Gasteiger partial charge in [-0.2, -0.15) is 0 Å². The van der Waals surface area contributed by atoms with Gasteiger partial charge < -0.3 is 4.74 Å². The number of rotatable bonds is 0. The van der Waals surface area contributed by atoms with Crippen LogP contribution in [0.2, 0.25) is 0 Å². The molecule has 0 N–H and O–H groups in total. The first-order valence-corrected chi connectivity index (χ1v) is 7.24. The molecule has 3 saturated carbocycles. The van der Waals surface area contributed by atoms with Crippen molar-refractivity contribution in [3.05, 3.63) is 0 Å². The lowest BCUT2D eigenvalue weighted by molar-refractivity contribution is -0.194. The third-order valence-corrected chi connectivity index (χ3v) is 7.03. The fourth-order valence-corrected chi connectivity index (χ4v) is 6.65. The second-order valence-corrected chi connectivity index (χ2v) is 7.27. The summed E-state index contributed by atoms with van der Waals surface area (Å²) in [6.07, 6.45) is 6.13. The summed E-state index contributed by atoms with van der Waals surface area (Å²) < 4.78 is 6.08. The summed E-state index contributed by atoms with van der Waals surface area (Å²) in [6, 6.07) is 0. The van der Waals surface area contributed by atoms with Gasteiger partial charge in [-0.1, -0.05) is 20.8 Å². The number of hydrogen-bond donors (Lipinski definition) is 0. The minimum absolute atomic E-state index is 0.525. The summed E-state index contributed by atoms with van der Waals surface area (Å²) in [7, 11) is 0. The van der Waals surface area contributed by atoms with Crippen LogP contribution in [0.4, 0.5) is 0 Å². The van der Waals surface area contributed by atoms with Crippen LogP contribution in [0.1, 0.15) is 46.5 Å². The topological polar surface area (TPSA) is 9.23 Å². The molecule has 3 aliphatic carbocycles. The van der Waals surface area contributed by atoms with Gasteiger partial charge in [0.15, 0.2) is 0 Å². The van der Waals surface area contributed by atoms with Gasteiger partial charge in [-0.25, -0.2) is 0 Å². The van der Waals surface area contributed by atoms with E-state index in [9.17, 15) is 0 Å². The Kier molecular flexibility index (Phi) is 1.67. The van der Waals surface area contributed by atoms with E-state index in [1.165, 1.54) is 25.7 Å². The lowest BCUT2D eigenvalue weighted by Gasteiger charge is -2.61. The van der Waals surface area contributed by atoms with E-state index in [1.807, 2.05) is 0 Å². The van der Waals surface area contributed by atoms with E-state index in [2.05, 4.69) is 20.8 Å². The molecule has 0 radical (unpaired) electrons. The molecule has 7 atom stereocenters. The van der Waals surface area contributed by atoms with Crippen LogP contribution in [0.3, 0.4) is 0 Å². The van der Waals surface area contributed by atoms with Crippen LogP contribution in [-0.2, 0) is 4.74 Å². The zero-order chi connectivity index (χ0) is 11.1. The third-order valence-electron chi connectivity index (χ3n) is 7.03. The summed E-state index contributed by atoms with van der Waals surface area (Å²) >= 11 is 0. The maximum atomic E-state index is 6.08. The van der Waals surface area contributed by atoms with E-state index in [0.29, 0.717) is 11.5 Å². The monoisotopic (exact) mass is 220 g/mol. The molecule has 0 aromatic rings. The summed E-state index contributed by atoms with van der Waals surface area (Å²) in [4.78, 5) is 0. The van der Waals surface area contributed by atoms with Gasteiger partial charge in [0.2, 0.25) is 0 Å². The van der Waals surface area contributed by atoms with Crippen molar-refractivity contribution < 1.29 is 4.74 Å². The lowest BCUT2D eigenvalue weighted by atomic mass is 9.46. The minimum atomic E-state index is 0.525. The first-order chi connectivity index (χ1) is 7.62. The molecule has 1 spiro atoms. The first-order valence-electron chi connectivity index (χ1n) is 7.24. The highest BCUT2D eigenvalue weighted by molar-refractivity contribution is 5.28. The van der Waals surface area contributed by atoms with Crippen molar-refractivity contribution in [2.45, 2.75) is 52.6 Å². The Morgan fingerprint density at radius 3 is 2.75 bits per heavy atom. The van der Waals surface area contributed by atoms with Gasteiger partial charge in [-0.05, 0) is 60.2 Å². The fourth-order valence-electron chi connectivity index (χ4n) is 6.65. The maximum absolute atomic E-state index is 6.08. The van der Waals surface area contributed by atoms with Crippen LogP contribution in [0.5, 0.6) is 0 Å². The van der Waals surface area contributed by atoms with E-state index >= 15 is 0 Å². The number of ether oxygens (including phenoxy) is 1. The minimum Gasteiger partial charge on any atom is -0.378 e. The van der Waals surface area contributed by atoms with Crippen molar-refractivity contribution in [2.24, 2.45) is 34.5 Å². The summed E-state index contributed by atoms with van der Waals surface area (Å²) in [6.45, 7) is 8.58. The van der Waals surface area contributed by atoms with Crippen molar-refractivity contribution in [1.29, 1.82) is 0 Å². The largest absolute Gasteiger partial charge is 0.378 e. The Balaban J connectivity index is 1.72. The number of hydrogen-bond acceptors (Lipinski definition) is 1. The molecule has 4 unspecified atom stereocenters. The average molecular weight is 220 g/mol. The molecule has 16 heavy (non-hydrogen) atoms. The van der Waals surface area contributed by atoms with Crippen LogP contribution in [0.15, 0.2) is 0 Å². The zero-order valence-electron chi connectivity index (χ0n) is 10.8. The van der Waals surface area contributed by atoms with Crippen molar-refractivity contribution in [3.63, 3.8) is 0 Å². The highest BCUT2D eigenvalue weighted by atomic mass is 16.5. The lowest BCUT2D eigenvalue weighted by Crippen LogP contribution is -2.58. The molecule has 0 bridgehead atoms. The standard InChI is InChI=1S/C15H24O/c1-9-12-10(2)15(12)7-5-11-14(3,13(9)15)6-4-8-16-11/h9-13H,4-8H2,1-3H3/t9?,10?,11-,12?,13?,14+,15+/m0/s1. The van der Waals surface area contributed by atoms with Crippen LogP contribution >= 0.6 is 0 Å². The molecule has 1 aliphatic heterocycles. The van der Waals surface area contributed by atoms with Gasteiger partial charge in [0.05, 0.1) is 6.10 Å². The van der Waals surface area contributed by atoms with Crippen molar-refractivity contribution in [1.82, 2.24) is 0 Å². The molecule has 1 heterocycles. The van der Waals surface area contributed by atoms with Crippen LogP contribution in [-0.4, -0.2) is 12.7 Å². The van der Waals surface area contributed by atoms with Gasteiger partial charge in [0, 0.05) is 6.61 Å². The van der Waals surface area contributed by atoms with Gasteiger partial charge in [-0.15, -0.1) is 0 Å². The molecule has 90 valence electrons. The summed E-state index contributed by atoms with van der Waals surface area (Å²) in [5, 5.41) is 0. The van der Waals surface area contributed by atoms with Gasteiger partial charge in [-0.3, -0.25) is 0 Å². The Morgan fingerprint density at radius 2 is 2.00 bits per heavy atom. The molecule has 0 amide bonds. The molecule has 4 rings (SSSR count). The highest BCUT2D eigenvalue weighted by Crippen LogP contribution is 2.85. The summed E-state index contributed by atoms with van der Waals surface area (Å²) in [5.74, 6) is 4.06. The molecule has 4 aliphatic rings. The molecular formula is C15H24O. The van der Waals surface area contributed by atoms with Gasteiger partial charge >= 0.3 is 0 Å². The van der Waals surface area contributed by atoms with Crippen molar-refractivity contribution in [3.8, 4) is 0 Å². The van der Waals surface area contributed by atoms with Crippen molar-refractivity contribution in [2.75, 3.05) is 6.61 Å². The molecule has 0 aromatic heterocycles. The maximum Gasteiger partial charge on any atom is 0.0631 e. The van der Waals surface area contributed by atoms with E-state index in [-0.39, 0.29) is 0 Å². The highest BCUT2D eigenvalue weighted by Gasteiger charge is 2.81. The molecule has 1 saturated heterocycles. The molecule has 1 heteroatoms. The Labute approximate surface area is 98.9 Å². The van der Waals surface area contributed by atoms with Gasteiger partial charge in [0.25, 0.3) is 0 Å². The Morgan fingerprint density at radius 1 is 1.19 bits per heavy atom. The zero-order valence-corrected chi connectivity index (χ0v) is 10.8. The quantitative estimate of drug-likeness (QED) is 0.607. The second-order valence-electron chi connectivity index (χ2n) is 7.27. The van der Waals surface area contributed by atoms with Crippen LogP contribution in [0, 0.1) is 34.5 Å². The fraction of sp³-hybridized carbons (Fsp3) is 1.00. The van der Waals surface area contributed by atoms with E-state index in [4.69, 9.17) is 4.74 Å². The van der Waals surface area contributed by atoms with E-state index in [0.717, 1.165) is 35.7 Å². The van der Waals surface area contributed by atoms with Crippen molar-refractivity contribution >= 4 is 0 Å². The van der Waals surface area contributed by atoms with E-state index < -0.39 is 0 Å².